The molecule has 0 amide bonds. The van der Waals surface area contributed by atoms with Crippen molar-refractivity contribution in [2.75, 3.05) is 19.8 Å². The van der Waals surface area contributed by atoms with E-state index in [4.69, 9.17) is 13.3 Å². The molecule has 0 unspecified atom stereocenters. The van der Waals surface area contributed by atoms with Crippen LogP contribution < -0.4 is 0 Å². The first-order valence-corrected chi connectivity index (χ1v) is 10.7. The van der Waals surface area contributed by atoms with Crippen LogP contribution in [0, 0.1) is 0 Å². The molecule has 0 heterocycles. The van der Waals surface area contributed by atoms with Crippen molar-refractivity contribution in [3.8, 4) is 0 Å². The van der Waals surface area contributed by atoms with E-state index < -0.39 is 8.80 Å². The van der Waals surface area contributed by atoms with Gasteiger partial charge in [-0.1, -0.05) is 57.2 Å². The lowest BCUT2D eigenvalue weighted by Gasteiger charge is -2.26. The second kappa shape index (κ2) is 12.5. The van der Waals surface area contributed by atoms with Crippen LogP contribution in [-0.4, -0.2) is 28.6 Å². The zero-order valence-corrected chi connectivity index (χ0v) is 15.9. The summed E-state index contributed by atoms with van der Waals surface area (Å²) in [5.41, 5.74) is 3.43. The number of benzene rings is 1. The van der Waals surface area contributed by atoms with Crippen LogP contribution in [0.15, 0.2) is 42.1 Å². The van der Waals surface area contributed by atoms with E-state index in [-0.39, 0.29) is 0 Å². The molecule has 0 radical (unpaired) electrons. The van der Waals surface area contributed by atoms with E-state index in [9.17, 15) is 0 Å². The molecular formula is C19H32O3Si. The zero-order valence-electron chi connectivity index (χ0n) is 14.9. The highest BCUT2D eigenvalue weighted by atomic mass is 28.4. The molecular weight excluding hydrogens is 304 g/mol. The molecule has 0 fully saturated rings. The fourth-order valence-corrected chi connectivity index (χ4v) is 4.58. The summed E-state index contributed by atoms with van der Waals surface area (Å²) >= 11 is 0. The second-order valence-corrected chi connectivity index (χ2v) is 7.98. The monoisotopic (exact) mass is 336 g/mol. The van der Waals surface area contributed by atoms with Gasteiger partial charge in [-0.05, 0) is 43.4 Å². The average Bonchev–Trinajstić information content (AvgIpc) is 2.60. The molecule has 0 aromatic heterocycles. The maximum Gasteiger partial charge on any atom is 0.529 e. The minimum absolute atomic E-state index is 0.683. The Morgan fingerprint density at radius 1 is 0.826 bits per heavy atom. The second-order valence-electron chi connectivity index (χ2n) is 5.58. The fourth-order valence-electron chi connectivity index (χ4n) is 2.12. The van der Waals surface area contributed by atoms with Gasteiger partial charge in [0.1, 0.15) is 0 Å². The van der Waals surface area contributed by atoms with Crippen molar-refractivity contribution in [2.45, 2.75) is 52.9 Å². The molecule has 0 atom stereocenters. The number of hydrogen-bond acceptors (Lipinski definition) is 3. The quantitative estimate of drug-likeness (QED) is 0.478. The van der Waals surface area contributed by atoms with Crippen molar-refractivity contribution in [1.29, 1.82) is 0 Å². The van der Waals surface area contributed by atoms with Crippen LogP contribution in [0.4, 0.5) is 0 Å². The smallest absolute Gasteiger partial charge is 0.370 e. The Labute approximate surface area is 143 Å². The number of allylic oxidation sites excluding steroid dienone is 1. The molecule has 0 bridgehead atoms. The highest BCUT2D eigenvalue weighted by Crippen LogP contribution is 2.15. The van der Waals surface area contributed by atoms with Gasteiger partial charge in [0, 0.05) is 19.8 Å². The van der Waals surface area contributed by atoms with E-state index in [1.165, 1.54) is 5.56 Å². The molecule has 0 saturated carbocycles. The SMILES string of the molecule is CCCO[Si](C=CCCc1ccccc1)(OCCC)OCCC. The first kappa shape index (κ1) is 20.1. The van der Waals surface area contributed by atoms with Gasteiger partial charge >= 0.3 is 8.80 Å². The Bertz CT molecular complexity index is 398. The third-order valence-electron chi connectivity index (χ3n) is 3.29. The molecule has 1 rings (SSSR count). The van der Waals surface area contributed by atoms with Gasteiger partial charge in [-0.25, -0.2) is 0 Å². The van der Waals surface area contributed by atoms with Crippen molar-refractivity contribution in [3.63, 3.8) is 0 Å². The summed E-state index contributed by atoms with van der Waals surface area (Å²) in [5.74, 6) is 0. The number of rotatable bonds is 13. The normalized spacial score (nSPS) is 12.1. The molecule has 1 aromatic carbocycles. The van der Waals surface area contributed by atoms with Crippen molar-refractivity contribution in [2.24, 2.45) is 0 Å². The summed E-state index contributed by atoms with van der Waals surface area (Å²) in [5, 5.41) is 0. The molecule has 0 aliphatic carbocycles. The first-order valence-electron chi connectivity index (χ1n) is 8.89. The Hall–Kier alpha value is -0.943. The molecule has 3 nitrogen and oxygen atoms in total. The van der Waals surface area contributed by atoms with E-state index in [0.717, 1.165) is 32.1 Å². The standard InChI is InChI=1S/C19H32O3Si/c1-4-15-20-23(21-16-5-2,22-17-6-3)18-11-10-14-19-12-8-7-9-13-19/h7-9,11-13,18H,4-6,10,14-17H2,1-3H3. The van der Waals surface area contributed by atoms with Crippen LogP contribution in [0.25, 0.3) is 0 Å². The lowest BCUT2D eigenvalue weighted by Crippen LogP contribution is -2.45. The molecule has 0 aliphatic heterocycles. The summed E-state index contributed by atoms with van der Waals surface area (Å²) in [6.07, 6.45) is 7.07. The molecule has 0 N–H and O–H groups in total. The van der Waals surface area contributed by atoms with E-state index >= 15 is 0 Å². The molecule has 23 heavy (non-hydrogen) atoms. The Morgan fingerprint density at radius 3 is 1.83 bits per heavy atom. The Morgan fingerprint density at radius 2 is 1.35 bits per heavy atom. The van der Waals surface area contributed by atoms with Crippen LogP contribution in [-0.2, 0) is 19.7 Å². The maximum atomic E-state index is 6.04. The maximum absolute atomic E-state index is 6.04. The van der Waals surface area contributed by atoms with Crippen molar-refractivity contribution in [1.82, 2.24) is 0 Å². The summed E-state index contributed by atoms with van der Waals surface area (Å²) in [4.78, 5) is 0. The van der Waals surface area contributed by atoms with E-state index in [0.29, 0.717) is 19.8 Å². The summed E-state index contributed by atoms with van der Waals surface area (Å²) < 4.78 is 18.1. The van der Waals surface area contributed by atoms with E-state index in [1.54, 1.807) is 0 Å². The minimum Gasteiger partial charge on any atom is -0.370 e. The van der Waals surface area contributed by atoms with Crippen LogP contribution in [0.5, 0.6) is 0 Å². The Balaban J connectivity index is 2.64. The topological polar surface area (TPSA) is 27.7 Å². The van der Waals surface area contributed by atoms with E-state index in [1.807, 2.05) is 6.07 Å². The molecule has 0 spiro atoms. The van der Waals surface area contributed by atoms with Gasteiger partial charge in [-0.15, -0.1) is 0 Å². The van der Waals surface area contributed by atoms with Gasteiger partial charge in [-0.3, -0.25) is 0 Å². The van der Waals surface area contributed by atoms with Gasteiger partial charge in [0.2, 0.25) is 0 Å². The van der Waals surface area contributed by atoms with Gasteiger partial charge < -0.3 is 13.3 Å². The average molecular weight is 337 g/mol. The van der Waals surface area contributed by atoms with Crippen LogP contribution in [0.2, 0.25) is 0 Å². The number of aryl methyl sites for hydroxylation is 1. The van der Waals surface area contributed by atoms with Gasteiger partial charge in [-0.2, -0.15) is 0 Å². The van der Waals surface area contributed by atoms with Gasteiger partial charge in [0.15, 0.2) is 0 Å². The van der Waals surface area contributed by atoms with E-state index in [2.05, 4.69) is 56.8 Å². The Kier molecular flexibility index (Phi) is 10.9. The van der Waals surface area contributed by atoms with Crippen molar-refractivity contribution in [3.05, 3.63) is 47.7 Å². The van der Waals surface area contributed by atoms with Gasteiger partial charge in [0.05, 0.1) is 0 Å². The summed E-state index contributed by atoms with van der Waals surface area (Å²) in [6, 6.07) is 10.5. The molecule has 0 saturated heterocycles. The molecule has 0 aliphatic rings. The highest BCUT2D eigenvalue weighted by molar-refractivity contribution is 6.66. The lowest BCUT2D eigenvalue weighted by molar-refractivity contribution is 0.0715. The minimum atomic E-state index is -2.68. The zero-order chi connectivity index (χ0) is 16.8. The van der Waals surface area contributed by atoms with Crippen molar-refractivity contribution < 1.29 is 13.3 Å². The summed E-state index contributed by atoms with van der Waals surface area (Å²) in [7, 11) is -2.68. The van der Waals surface area contributed by atoms with Crippen LogP contribution >= 0.6 is 0 Å². The third kappa shape index (κ3) is 8.46. The van der Waals surface area contributed by atoms with Crippen LogP contribution in [0.3, 0.4) is 0 Å². The largest absolute Gasteiger partial charge is 0.529 e. The summed E-state index contributed by atoms with van der Waals surface area (Å²) in [6.45, 7) is 8.38. The number of hydrogen-bond donors (Lipinski definition) is 0. The predicted octanol–water partition coefficient (Wildman–Crippen LogP) is 4.93. The molecule has 4 heteroatoms. The lowest BCUT2D eigenvalue weighted by atomic mass is 10.1. The molecule has 130 valence electrons. The van der Waals surface area contributed by atoms with Crippen molar-refractivity contribution >= 4 is 8.80 Å². The highest BCUT2D eigenvalue weighted by Gasteiger charge is 2.37. The van der Waals surface area contributed by atoms with Gasteiger partial charge in [0.25, 0.3) is 0 Å². The predicted molar refractivity (Wildman–Crippen MR) is 98.4 cm³/mol. The molecule has 1 aromatic rings. The first-order chi connectivity index (χ1) is 11.3. The van der Waals surface area contributed by atoms with Crippen LogP contribution in [0.1, 0.15) is 52.0 Å². The fraction of sp³-hybridized carbons (Fsp3) is 0.579. The third-order valence-corrected chi connectivity index (χ3v) is 5.75.